The number of rotatable bonds is 13. The van der Waals surface area contributed by atoms with Crippen LogP contribution in [0, 0.1) is 5.41 Å². The van der Waals surface area contributed by atoms with Crippen LogP contribution >= 0.6 is 0 Å². The highest BCUT2D eigenvalue weighted by atomic mass is 28.4. The van der Waals surface area contributed by atoms with Crippen molar-refractivity contribution in [3.63, 3.8) is 0 Å². The van der Waals surface area contributed by atoms with Crippen LogP contribution in [0.4, 0.5) is 0 Å². The van der Waals surface area contributed by atoms with Gasteiger partial charge in [0.2, 0.25) is 8.32 Å². The molecule has 0 heterocycles. The second-order valence-corrected chi connectivity index (χ2v) is 15.2. The molecule has 0 fully saturated rings. The molecule has 0 aromatic heterocycles. The van der Waals surface area contributed by atoms with Gasteiger partial charge in [-0.2, -0.15) is 0 Å². The highest BCUT2D eigenvalue weighted by Gasteiger charge is 2.48. The maximum Gasteiger partial charge on any atom is 0.200 e. The predicted molar refractivity (Wildman–Crippen MR) is 124 cm³/mol. The van der Waals surface area contributed by atoms with Crippen molar-refractivity contribution in [2.45, 2.75) is 97.6 Å². The fourth-order valence-corrected chi connectivity index (χ4v) is 10.3. The minimum Gasteiger partial charge on any atom is -0.413 e. The highest BCUT2D eigenvalue weighted by Crippen LogP contribution is 2.45. The Labute approximate surface area is 175 Å². The van der Waals surface area contributed by atoms with Gasteiger partial charge in [-0.05, 0) is 41.6 Å². The van der Waals surface area contributed by atoms with Crippen LogP contribution in [0.25, 0.3) is 0 Å². The largest absolute Gasteiger partial charge is 0.413 e. The van der Waals surface area contributed by atoms with Crippen molar-refractivity contribution in [2.24, 2.45) is 11.1 Å². The van der Waals surface area contributed by atoms with Gasteiger partial charge >= 0.3 is 0 Å². The van der Waals surface area contributed by atoms with Crippen LogP contribution in [0.5, 0.6) is 0 Å². The summed E-state index contributed by atoms with van der Waals surface area (Å²) in [6.07, 6.45) is 2.18. The molecule has 0 amide bonds. The molecule has 3 nitrogen and oxygen atoms in total. The molecule has 1 atom stereocenters. The zero-order chi connectivity index (χ0) is 21.4. The normalized spacial score (nSPS) is 14.3. The summed E-state index contributed by atoms with van der Waals surface area (Å²) in [5.74, 6) is 0. The first-order valence-electron chi connectivity index (χ1n) is 11.1. The second-order valence-electron chi connectivity index (χ2n) is 9.80. The van der Waals surface area contributed by atoms with E-state index >= 15 is 0 Å². The summed E-state index contributed by atoms with van der Waals surface area (Å²) in [6, 6.07) is 10.4. The van der Waals surface area contributed by atoms with Crippen LogP contribution in [0.1, 0.15) is 73.8 Å². The van der Waals surface area contributed by atoms with Crippen LogP contribution in [0.15, 0.2) is 30.3 Å². The molecule has 4 heteroatoms. The van der Waals surface area contributed by atoms with Crippen molar-refractivity contribution in [1.29, 1.82) is 0 Å². The summed E-state index contributed by atoms with van der Waals surface area (Å²) < 4.78 is 13.1. The molecule has 0 bridgehead atoms. The molecule has 28 heavy (non-hydrogen) atoms. The number of hydrogen-bond acceptors (Lipinski definition) is 3. The third kappa shape index (κ3) is 6.69. The molecular weight excluding hydrogens is 362 g/mol. The van der Waals surface area contributed by atoms with Gasteiger partial charge in [0.15, 0.2) is 0 Å². The van der Waals surface area contributed by atoms with Gasteiger partial charge in [0.05, 0.1) is 12.7 Å². The third-order valence-corrected chi connectivity index (χ3v) is 12.4. The van der Waals surface area contributed by atoms with E-state index in [1.165, 1.54) is 5.56 Å². The molecule has 0 radical (unpaired) electrons. The van der Waals surface area contributed by atoms with Crippen molar-refractivity contribution in [2.75, 3.05) is 13.2 Å². The van der Waals surface area contributed by atoms with Gasteiger partial charge in [-0.3, -0.25) is 0 Å². The maximum atomic E-state index is 7.15. The van der Waals surface area contributed by atoms with Gasteiger partial charge in [-0.1, -0.05) is 85.7 Å². The SMILES string of the molecule is CC(C)[Si](OC(CCCOCc1ccccc1)C(C)(C)CN)(C(C)C)C(C)C. The van der Waals surface area contributed by atoms with Gasteiger partial charge in [-0.25, -0.2) is 0 Å². The standard InChI is InChI=1S/C24H45NO2Si/c1-19(2)28(20(3)4,21(5)6)27-23(24(7,8)18-25)15-12-16-26-17-22-13-10-9-11-14-22/h9-11,13-14,19-21,23H,12,15-18,25H2,1-8H3. The second kappa shape index (κ2) is 11.5. The third-order valence-electron chi connectivity index (χ3n) is 6.32. The zero-order valence-electron chi connectivity index (χ0n) is 19.6. The molecule has 1 aromatic carbocycles. The quantitative estimate of drug-likeness (QED) is 0.299. The van der Waals surface area contributed by atoms with Crippen molar-refractivity contribution < 1.29 is 9.16 Å². The Bertz CT molecular complexity index is 521. The average molecular weight is 408 g/mol. The van der Waals surface area contributed by atoms with E-state index in [2.05, 4.69) is 79.7 Å². The molecule has 0 aliphatic heterocycles. The van der Waals surface area contributed by atoms with Crippen molar-refractivity contribution in [3.05, 3.63) is 35.9 Å². The Morgan fingerprint density at radius 1 is 0.929 bits per heavy atom. The van der Waals surface area contributed by atoms with Crippen LogP contribution in [0.2, 0.25) is 16.6 Å². The molecule has 0 aliphatic carbocycles. The van der Waals surface area contributed by atoms with Crippen LogP contribution < -0.4 is 5.73 Å². The molecule has 2 N–H and O–H groups in total. The Balaban J connectivity index is 2.77. The number of nitrogens with two attached hydrogens (primary N) is 1. The number of hydrogen-bond donors (Lipinski definition) is 1. The molecule has 0 spiro atoms. The first-order valence-corrected chi connectivity index (χ1v) is 13.2. The van der Waals surface area contributed by atoms with Gasteiger partial charge in [0.25, 0.3) is 0 Å². The Morgan fingerprint density at radius 2 is 1.46 bits per heavy atom. The summed E-state index contributed by atoms with van der Waals surface area (Å²) in [6.45, 7) is 20.7. The lowest BCUT2D eigenvalue weighted by molar-refractivity contribution is 0.0403. The highest BCUT2D eigenvalue weighted by molar-refractivity contribution is 6.77. The van der Waals surface area contributed by atoms with Crippen LogP contribution in [0.3, 0.4) is 0 Å². The Hall–Kier alpha value is -0.683. The van der Waals surface area contributed by atoms with Crippen LogP contribution in [-0.2, 0) is 15.8 Å². The van der Waals surface area contributed by atoms with E-state index in [9.17, 15) is 0 Å². The maximum absolute atomic E-state index is 7.15. The number of ether oxygens (including phenoxy) is 1. The van der Waals surface area contributed by atoms with Gasteiger partial charge < -0.3 is 14.9 Å². The summed E-state index contributed by atoms with van der Waals surface area (Å²) in [4.78, 5) is 0. The summed E-state index contributed by atoms with van der Waals surface area (Å²) in [5.41, 5.74) is 9.10. The zero-order valence-corrected chi connectivity index (χ0v) is 20.6. The van der Waals surface area contributed by atoms with E-state index in [0.29, 0.717) is 29.8 Å². The molecule has 1 aromatic rings. The van der Waals surface area contributed by atoms with Crippen molar-refractivity contribution in [1.82, 2.24) is 0 Å². The molecule has 0 saturated carbocycles. The van der Waals surface area contributed by atoms with E-state index in [0.717, 1.165) is 19.4 Å². The van der Waals surface area contributed by atoms with Gasteiger partial charge in [0.1, 0.15) is 0 Å². The van der Waals surface area contributed by atoms with Crippen molar-refractivity contribution >= 4 is 8.32 Å². The smallest absolute Gasteiger partial charge is 0.200 e. The fourth-order valence-electron chi connectivity index (χ4n) is 4.53. The summed E-state index contributed by atoms with van der Waals surface area (Å²) in [7, 11) is -1.93. The fraction of sp³-hybridized carbons (Fsp3) is 0.750. The molecule has 0 aliphatic rings. The van der Waals surface area contributed by atoms with E-state index in [-0.39, 0.29) is 11.5 Å². The molecule has 1 unspecified atom stereocenters. The molecular formula is C24H45NO2Si. The number of benzene rings is 1. The first-order chi connectivity index (χ1) is 13.1. The average Bonchev–Trinajstić information content (AvgIpc) is 2.63. The summed E-state index contributed by atoms with van der Waals surface area (Å²) in [5, 5.41) is 0. The van der Waals surface area contributed by atoms with E-state index in [1.807, 2.05) is 6.07 Å². The van der Waals surface area contributed by atoms with Gasteiger partial charge in [-0.15, -0.1) is 0 Å². The lowest BCUT2D eigenvalue weighted by Crippen LogP contribution is -2.54. The lowest BCUT2D eigenvalue weighted by Gasteiger charge is -2.48. The molecule has 1 rings (SSSR count). The Kier molecular flexibility index (Phi) is 10.4. The molecule has 0 saturated heterocycles. The minimum atomic E-state index is -1.93. The topological polar surface area (TPSA) is 44.5 Å². The predicted octanol–water partition coefficient (Wildman–Crippen LogP) is 6.53. The van der Waals surface area contributed by atoms with Crippen LogP contribution in [-0.4, -0.2) is 27.6 Å². The molecule has 162 valence electrons. The van der Waals surface area contributed by atoms with Crippen molar-refractivity contribution in [3.8, 4) is 0 Å². The van der Waals surface area contributed by atoms with Gasteiger partial charge in [0, 0.05) is 12.0 Å². The monoisotopic (exact) mass is 407 g/mol. The summed E-state index contributed by atoms with van der Waals surface area (Å²) >= 11 is 0. The minimum absolute atomic E-state index is 0.0314. The van der Waals surface area contributed by atoms with E-state index in [1.54, 1.807) is 0 Å². The lowest BCUT2D eigenvalue weighted by atomic mass is 9.84. The Morgan fingerprint density at radius 3 is 1.93 bits per heavy atom. The van der Waals surface area contributed by atoms with E-state index in [4.69, 9.17) is 14.9 Å². The van der Waals surface area contributed by atoms with E-state index < -0.39 is 8.32 Å². The first kappa shape index (κ1) is 25.4.